The lowest BCUT2D eigenvalue weighted by atomic mass is 9.91. The molecule has 0 bridgehead atoms. The van der Waals surface area contributed by atoms with Gasteiger partial charge in [-0.1, -0.05) is 59.3 Å². The minimum absolute atomic E-state index is 0.188. The van der Waals surface area contributed by atoms with E-state index in [0.717, 1.165) is 51.5 Å². The molecule has 2 N–H and O–H groups in total. The molecule has 0 aliphatic rings. The van der Waals surface area contributed by atoms with E-state index in [4.69, 9.17) is 5.11 Å². The van der Waals surface area contributed by atoms with Gasteiger partial charge in [-0.3, -0.25) is 9.59 Å². The minimum atomic E-state index is -0.693. The van der Waals surface area contributed by atoms with Gasteiger partial charge in [0.1, 0.15) is 0 Å². The Morgan fingerprint density at radius 3 is 1.74 bits per heavy atom. The first-order valence-electron chi connectivity index (χ1n) is 9.30. The summed E-state index contributed by atoms with van der Waals surface area (Å²) in [6.45, 7) is 7.47. The van der Waals surface area contributed by atoms with Gasteiger partial charge in [0.15, 0.2) is 0 Å². The molecular formula is C19H37NO3. The monoisotopic (exact) mass is 327 g/mol. The number of carbonyl (C=O) groups excluding carboxylic acids is 1. The van der Waals surface area contributed by atoms with Crippen LogP contribution in [0.2, 0.25) is 0 Å². The van der Waals surface area contributed by atoms with Crippen LogP contribution in [0, 0.1) is 5.41 Å². The smallest absolute Gasteiger partial charge is 0.303 e. The van der Waals surface area contributed by atoms with Crippen LogP contribution >= 0.6 is 0 Å². The Morgan fingerprint density at radius 2 is 1.26 bits per heavy atom. The predicted molar refractivity (Wildman–Crippen MR) is 95.5 cm³/mol. The van der Waals surface area contributed by atoms with E-state index >= 15 is 0 Å². The zero-order valence-electron chi connectivity index (χ0n) is 15.5. The first-order valence-corrected chi connectivity index (χ1v) is 9.30. The normalized spacial score (nSPS) is 11.4. The van der Waals surface area contributed by atoms with Gasteiger partial charge < -0.3 is 10.4 Å². The average molecular weight is 328 g/mol. The summed E-state index contributed by atoms with van der Waals surface area (Å²) in [5.41, 5.74) is 0.346. The summed E-state index contributed by atoms with van der Waals surface area (Å²) in [6.07, 6.45) is 11.7. The predicted octanol–water partition coefficient (Wildman–Crippen LogP) is 4.91. The molecule has 0 radical (unpaired) electrons. The van der Waals surface area contributed by atoms with Gasteiger partial charge >= 0.3 is 5.97 Å². The van der Waals surface area contributed by atoms with Crippen molar-refractivity contribution in [2.75, 3.05) is 6.54 Å². The van der Waals surface area contributed by atoms with Gasteiger partial charge in [-0.2, -0.15) is 0 Å². The van der Waals surface area contributed by atoms with Crippen molar-refractivity contribution in [3.8, 4) is 0 Å². The van der Waals surface area contributed by atoms with Crippen LogP contribution in [0.4, 0.5) is 0 Å². The number of hydrogen-bond donors (Lipinski definition) is 2. The van der Waals surface area contributed by atoms with Crippen molar-refractivity contribution < 1.29 is 14.7 Å². The van der Waals surface area contributed by atoms with E-state index in [9.17, 15) is 9.59 Å². The van der Waals surface area contributed by atoms with Gasteiger partial charge in [-0.25, -0.2) is 0 Å². The summed E-state index contributed by atoms with van der Waals surface area (Å²) in [4.78, 5) is 22.0. The zero-order valence-corrected chi connectivity index (χ0v) is 15.5. The summed E-state index contributed by atoms with van der Waals surface area (Å²) >= 11 is 0. The van der Waals surface area contributed by atoms with E-state index in [1.165, 1.54) is 19.3 Å². The molecule has 0 heterocycles. The number of carboxylic acids is 1. The molecule has 0 spiro atoms. The number of rotatable bonds is 14. The highest BCUT2D eigenvalue weighted by molar-refractivity contribution is 5.75. The third-order valence-electron chi connectivity index (χ3n) is 3.97. The molecule has 0 aliphatic carbocycles. The van der Waals surface area contributed by atoms with Gasteiger partial charge in [0, 0.05) is 19.4 Å². The highest BCUT2D eigenvalue weighted by Crippen LogP contribution is 2.19. The Bertz CT molecular complexity index is 321. The molecule has 0 atom stereocenters. The summed E-state index contributed by atoms with van der Waals surface area (Å²) in [5.74, 6) is -0.505. The molecule has 0 aliphatic heterocycles. The summed E-state index contributed by atoms with van der Waals surface area (Å²) in [5, 5.41) is 11.5. The first-order chi connectivity index (χ1) is 10.8. The second-order valence-electron chi connectivity index (χ2n) is 7.74. The van der Waals surface area contributed by atoms with Crippen molar-refractivity contribution in [3.63, 3.8) is 0 Å². The Balaban J connectivity index is 3.25. The summed E-state index contributed by atoms with van der Waals surface area (Å²) in [6, 6.07) is 0. The first kappa shape index (κ1) is 21.9. The van der Waals surface area contributed by atoms with Gasteiger partial charge in [0.25, 0.3) is 0 Å². The average Bonchev–Trinajstić information content (AvgIpc) is 2.44. The van der Waals surface area contributed by atoms with Crippen LogP contribution in [0.15, 0.2) is 0 Å². The second-order valence-corrected chi connectivity index (χ2v) is 7.74. The van der Waals surface area contributed by atoms with Crippen molar-refractivity contribution in [2.45, 2.75) is 97.8 Å². The number of hydrogen-bond acceptors (Lipinski definition) is 2. The van der Waals surface area contributed by atoms with E-state index < -0.39 is 5.97 Å². The molecule has 0 aromatic heterocycles. The minimum Gasteiger partial charge on any atom is -0.481 e. The van der Waals surface area contributed by atoms with E-state index in [2.05, 4.69) is 26.1 Å². The number of unbranched alkanes of at least 4 members (excludes halogenated alkanes) is 7. The van der Waals surface area contributed by atoms with Gasteiger partial charge in [-0.05, 0) is 31.1 Å². The number of aliphatic carboxylic acids is 1. The van der Waals surface area contributed by atoms with Crippen LogP contribution in [-0.2, 0) is 9.59 Å². The van der Waals surface area contributed by atoms with Gasteiger partial charge in [0.2, 0.25) is 5.91 Å². The second kappa shape index (κ2) is 13.4. The topological polar surface area (TPSA) is 66.4 Å². The number of carbonyl (C=O) groups is 2. The fraction of sp³-hybridized carbons (Fsp3) is 0.895. The Kier molecular flexibility index (Phi) is 12.8. The standard InChI is InChI=1S/C19H37NO3/c1-19(2,3)15-12-16-20-17(21)13-10-8-6-4-5-7-9-11-14-18(22)23/h4-16H2,1-3H3,(H,20,21)(H,22,23). The fourth-order valence-electron chi connectivity index (χ4n) is 2.56. The van der Waals surface area contributed by atoms with Gasteiger partial charge in [-0.15, -0.1) is 0 Å². The largest absolute Gasteiger partial charge is 0.481 e. The number of amides is 1. The van der Waals surface area contributed by atoms with Crippen LogP contribution in [0.25, 0.3) is 0 Å². The molecule has 4 nitrogen and oxygen atoms in total. The van der Waals surface area contributed by atoms with Gasteiger partial charge in [0.05, 0.1) is 0 Å². The highest BCUT2D eigenvalue weighted by atomic mass is 16.4. The molecule has 0 aromatic carbocycles. The maximum Gasteiger partial charge on any atom is 0.303 e. The van der Waals surface area contributed by atoms with Crippen molar-refractivity contribution in [1.82, 2.24) is 5.32 Å². The van der Waals surface area contributed by atoms with E-state index in [1.54, 1.807) is 0 Å². The van der Waals surface area contributed by atoms with Crippen LogP contribution in [-0.4, -0.2) is 23.5 Å². The summed E-state index contributed by atoms with van der Waals surface area (Å²) in [7, 11) is 0. The Hall–Kier alpha value is -1.06. The SMILES string of the molecule is CC(C)(C)CCCNC(=O)CCCCCCCCCCC(=O)O. The molecular weight excluding hydrogens is 290 g/mol. The van der Waals surface area contributed by atoms with E-state index in [-0.39, 0.29) is 5.91 Å². The number of carboxylic acid groups (broad SMARTS) is 1. The maximum atomic E-state index is 11.7. The lowest BCUT2D eigenvalue weighted by Crippen LogP contribution is -2.24. The molecule has 4 heteroatoms. The van der Waals surface area contributed by atoms with Crippen LogP contribution < -0.4 is 5.32 Å². The third-order valence-corrected chi connectivity index (χ3v) is 3.97. The summed E-state index contributed by atoms with van der Waals surface area (Å²) < 4.78 is 0. The van der Waals surface area contributed by atoms with Crippen molar-refractivity contribution in [1.29, 1.82) is 0 Å². The fourth-order valence-corrected chi connectivity index (χ4v) is 2.56. The molecule has 136 valence electrons. The van der Waals surface area contributed by atoms with Crippen LogP contribution in [0.1, 0.15) is 97.8 Å². The molecule has 0 rings (SSSR count). The van der Waals surface area contributed by atoms with Crippen molar-refractivity contribution >= 4 is 11.9 Å². The number of nitrogens with one attached hydrogen (secondary N) is 1. The van der Waals surface area contributed by atoms with Crippen molar-refractivity contribution in [3.05, 3.63) is 0 Å². The molecule has 0 saturated heterocycles. The highest BCUT2D eigenvalue weighted by Gasteiger charge is 2.09. The zero-order chi connectivity index (χ0) is 17.6. The molecule has 23 heavy (non-hydrogen) atoms. The van der Waals surface area contributed by atoms with Crippen molar-refractivity contribution in [2.24, 2.45) is 5.41 Å². The lowest BCUT2D eigenvalue weighted by molar-refractivity contribution is -0.137. The molecule has 1 amide bonds. The van der Waals surface area contributed by atoms with Crippen LogP contribution in [0.5, 0.6) is 0 Å². The van der Waals surface area contributed by atoms with E-state index in [0.29, 0.717) is 18.3 Å². The molecule has 0 unspecified atom stereocenters. The Labute approximate surface area is 142 Å². The quantitative estimate of drug-likeness (QED) is 0.445. The third kappa shape index (κ3) is 18.9. The maximum absolute atomic E-state index is 11.7. The molecule has 0 saturated carbocycles. The molecule has 0 aromatic rings. The Morgan fingerprint density at radius 1 is 0.783 bits per heavy atom. The molecule has 0 fully saturated rings. The van der Waals surface area contributed by atoms with E-state index in [1.807, 2.05) is 0 Å². The lowest BCUT2D eigenvalue weighted by Gasteiger charge is -2.17. The van der Waals surface area contributed by atoms with Crippen LogP contribution in [0.3, 0.4) is 0 Å².